The van der Waals surface area contributed by atoms with E-state index in [1.807, 2.05) is 13.8 Å². The fourth-order valence-electron chi connectivity index (χ4n) is 1.46. The summed E-state index contributed by atoms with van der Waals surface area (Å²) in [5, 5.41) is 9.53. The van der Waals surface area contributed by atoms with Crippen LogP contribution in [0.25, 0.3) is 0 Å². The highest BCUT2D eigenvalue weighted by atomic mass is 16.5. The van der Waals surface area contributed by atoms with Gasteiger partial charge in [-0.3, -0.25) is 0 Å². The van der Waals surface area contributed by atoms with Crippen LogP contribution in [0.3, 0.4) is 0 Å². The third-order valence-electron chi connectivity index (χ3n) is 2.96. The first-order valence-electron chi connectivity index (χ1n) is 5.91. The van der Waals surface area contributed by atoms with Gasteiger partial charge in [0.15, 0.2) is 0 Å². The molecular formula is C12H26O2. The highest BCUT2D eigenvalue weighted by Crippen LogP contribution is 2.11. The molecule has 0 spiro atoms. The van der Waals surface area contributed by atoms with E-state index >= 15 is 0 Å². The first-order valence-corrected chi connectivity index (χ1v) is 5.91. The van der Waals surface area contributed by atoms with Gasteiger partial charge in [-0.05, 0) is 12.3 Å². The van der Waals surface area contributed by atoms with Crippen molar-refractivity contribution in [2.75, 3.05) is 13.2 Å². The lowest BCUT2D eigenvalue weighted by Crippen LogP contribution is -2.22. The van der Waals surface area contributed by atoms with Gasteiger partial charge >= 0.3 is 0 Å². The molecule has 0 aromatic heterocycles. The maximum atomic E-state index is 9.53. The molecule has 86 valence electrons. The van der Waals surface area contributed by atoms with Crippen molar-refractivity contribution in [2.45, 2.75) is 53.1 Å². The van der Waals surface area contributed by atoms with Gasteiger partial charge in [0, 0.05) is 12.5 Å². The van der Waals surface area contributed by atoms with Crippen LogP contribution in [0.4, 0.5) is 0 Å². The summed E-state index contributed by atoms with van der Waals surface area (Å²) in [6, 6.07) is 0. The summed E-state index contributed by atoms with van der Waals surface area (Å²) in [6.07, 6.45) is 2.97. The Morgan fingerprint density at radius 3 is 2.00 bits per heavy atom. The van der Waals surface area contributed by atoms with Crippen LogP contribution in [0, 0.1) is 11.8 Å². The number of hydrogen-bond donors (Lipinski definition) is 1. The van der Waals surface area contributed by atoms with Crippen molar-refractivity contribution in [2.24, 2.45) is 11.8 Å². The van der Waals surface area contributed by atoms with Crippen molar-refractivity contribution < 1.29 is 9.84 Å². The van der Waals surface area contributed by atoms with Gasteiger partial charge in [-0.1, -0.05) is 40.5 Å². The molecule has 0 fully saturated rings. The smallest absolute Gasteiger partial charge is 0.0585 e. The highest BCUT2D eigenvalue weighted by molar-refractivity contribution is 4.62. The summed E-state index contributed by atoms with van der Waals surface area (Å²) in [6.45, 7) is 9.96. The van der Waals surface area contributed by atoms with Crippen LogP contribution in [0.5, 0.6) is 0 Å². The Hall–Kier alpha value is -0.0800. The zero-order valence-electron chi connectivity index (χ0n) is 10.1. The summed E-state index contributed by atoms with van der Waals surface area (Å²) in [4.78, 5) is 0. The van der Waals surface area contributed by atoms with E-state index in [0.29, 0.717) is 12.5 Å². The second kappa shape index (κ2) is 8.25. The van der Waals surface area contributed by atoms with Gasteiger partial charge in [-0.2, -0.15) is 0 Å². The fraction of sp³-hybridized carbons (Fsp3) is 1.00. The molecule has 1 N–H and O–H groups in total. The van der Waals surface area contributed by atoms with Crippen LogP contribution in [0.1, 0.15) is 47.0 Å². The van der Waals surface area contributed by atoms with Crippen LogP contribution >= 0.6 is 0 Å². The number of rotatable bonds is 8. The van der Waals surface area contributed by atoms with Gasteiger partial charge in [-0.25, -0.2) is 0 Å². The van der Waals surface area contributed by atoms with E-state index in [1.54, 1.807) is 0 Å². The van der Waals surface area contributed by atoms with E-state index in [9.17, 15) is 5.11 Å². The van der Waals surface area contributed by atoms with E-state index in [1.165, 1.54) is 12.8 Å². The van der Waals surface area contributed by atoms with E-state index < -0.39 is 0 Å². The van der Waals surface area contributed by atoms with Crippen LogP contribution in [-0.4, -0.2) is 24.4 Å². The maximum absolute atomic E-state index is 9.53. The molecule has 0 radical (unpaired) electrons. The second-order valence-corrected chi connectivity index (χ2v) is 4.17. The Balaban J connectivity index is 3.52. The molecule has 0 amide bonds. The van der Waals surface area contributed by atoms with Gasteiger partial charge in [0.25, 0.3) is 0 Å². The molecule has 0 saturated carbocycles. The molecule has 0 aliphatic heterocycles. The standard InChI is InChI=1S/C12H26O2/c1-5-11(6-2)9-14-8-10(4)12(13)7-3/h10-13H,5-9H2,1-4H3. The largest absolute Gasteiger partial charge is 0.393 e. The van der Waals surface area contributed by atoms with Crippen LogP contribution < -0.4 is 0 Å². The molecule has 0 aliphatic carbocycles. The third kappa shape index (κ3) is 5.61. The zero-order chi connectivity index (χ0) is 11.0. The lowest BCUT2D eigenvalue weighted by molar-refractivity contribution is 0.0202. The number of aliphatic hydroxyl groups is 1. The summed E-state index contributed by atoms with van der Waals surface area (Å²) in [5.41, 5.74) is 0. The Bertz CT molecular complexity index is 121. The predicted octanol–water partition coefficient (Wildman–Crippen LogP) is 2.85. The molecule has 2 unspecified atom stereocenters. The van der Waals surface area contributed by atoms with Gasteiger partial charge in [-0.15, -0.1) is 0 Å². The van der Waals surface area contributed by atoms with E-state index in [2.05, 4.69) is 13.8 Å². The minimum atomic E-state index is -0.211. The summed E-state index contributed by atoms with van der Waals surface area (Å²) in [7, 11) is 0. The Morgan fingerprint density at radius 1 is 1.00 bits per heavy atom. The molecule has 0 bridgehead atoms. The number of hydrogen-bond acceptors (Lipinski definition) is 2. The van der Waals surface area contributed by atoms with Crippen molar-refractivity contribution in [1.29, 1.82) is 0 Å². The Kier molecular flexibility index (Phi) is 8.20. The van der Waals surface area contributed by atoms with Crippen molar-refractivity contribution >= 4 is 0 Å². The van der Waals surface area contributed by atoms with Crippen molar-refractivity contribution in [3.05, 3.63) is 0 Å². The van der Waals surface area contributed by atoms with Gasteiger partial charge in [0.2, 0.25) is 0 Å². The fourth-order valence-corrected chi connectivity index (χ4v) is 1.46. The average molecular weight is 202 g/mol. The topological polar surface area (TPSA) is 29.5 Å². The zero-order valence-corrected chi connectivity index (χ0v) is 10.1. The van der Waals surface area contributed by atoms with Crippen molar-refractivity contribution in [3.8, 4) is 0 Å². The first kappa shape index (κ1) is 13.9. The highest BCUT2D eigenvalue weighted by Gasteiger charge is 2.12. The van der Waals surface area contributed by atoms with Crippen LogP contribution in [0.2, 0.25) is 0 Å². The first-order chi connectivity index (χ1) is 6.65. The lowest BCUT2D eigenvalue weighted by atomic mass is 10.0. The molecule has 0 aliphatic rings. The minimum Gasteiger partial charge on any atom is -0.393 e. The van der Waals surface area contributed by atoms with Crippen LogP contribution in [0.15, 0.2) is 0 Å². The molecule has 14 heavy (non-hydrogen) atoms. The normalized spacial score (nSPS) is 15.9. The third-order valence-corrected chi connectivity index (χ3v) is 2.96. The van der Waals surface area contributed by atoms with Gasteiger partial charge in [0.1, 0.15) is 0 Å². The average Bonchev–Trinajstić information content (AvgIpc) is 2.22. The monoisotopic (exact) mass is 202 g/mol. The SMILES string of the molecule is CCC(CC)COCC(C)C(O)CC. The minimum absolute atomic E-state index is 0.211. The number of aliphatic hydroxyl groups excluding tert-OH is 1. The summed E-state index contributed by atoms with van der Waals surface area (Å²) >= 11 is 0. The quantitative estimate of drug-likeness (QED) is 0.656. The Labute approximate surface area is 88.7 Å². The van der Waals surface area contributed by atoms with E-state index in [-0.39, 0.29) is 12.0 Å². The molecule has 2 atom stereocenters. The maximum Gasteiger partial charge on any atom is 0.0585 e. The van der Waals surface area contributed by atoms with E-state index in [4.69, 9.17) is 4.74 Å². The second-order valence-electron chi connectivity index (χ2n) is 4.17. The molecule has 0 saturated heterocycles. The molecule has 0 aromatic carbocycles. The molecule has 2 heteroatoms. The van der Waals surface area contributed by atoms with Gasteiger partial charge in [0.05, 0.1) is 12.7 Å². The molecule has 2 nitrogen and oxygen atoms in total. The Morgan fingerprint density at radius 2 is 1.57 bits per heavy atom. The van der Waals surface area contributed by atoms with Crippen LogP contribution in [-0.2, 0) is 4.74 Å². The van der Waals surface area contributed by atoms with Crippen molar-refractivity contribution in [3.63, 3.8) is 0 Å². The van der Waals surface area contributed by atoms with Gasteiger partial charge < -0.3 is 9.84 Å². The lowest BCUT2D eigenvalue weighted by Gasteiger charge is -2.19. The van der Waals surface area contributed by atoms with Crippen molar-refractivity contribution in [1.82, 2.24) is 0 Å². The predicted molar refractivity (Wildman–Crippen MR) is 60.4 cm³/mol. The molecule has 0 rings (SSSR count). The molecular weight excluding hydrogens is 176 g/mol. The summed E-state index contributed by atoms with van der Waals surface area (Å²) in [5.74, 6) is 0.940. The summed E-state index contributed by atoms with van der Waals surface area (Å²) < 4.78 is 5.60. The molecule has 0 heterocycles. The van der Waals surface area contributed by atoms with E-state index in [0.717, 1.165) is 13.0 Å². The number of ether oxygens (including phenoxy) is 1. The molecule has 0 aromatic rings.